The van der Waals surface area contributed by atoms with Gasteiger partial charge in [-0.3, -0.25) is 9.63 Å². The number of rotatable bonds is 5. The molecular weight excluding hydrogens is 404 g/mol. The molecule has 6 heteroatoms. The number of hydroxylamine groups is 2. The molecule has 162 valence electrons. The van der Waals surface area contributed by atoms with E-state index in [1.807, 2.05) is 96.1 Å². The standard InChI is InChI=1S/C26H24N2O4/c29-25(27-16-17-31-26(27)30)22-23(20-12-6-2-7-13-20)28(18-19-10-4-1-5-11-19)32-24(22)21-14-8-3-9-15-21/h1-15,22-24H,16-18H2/t22-,23-,24+/m1/s1. The number of carbonyl (C=O) groups excluding carboxylic acids is 2. The van der Waals surface area contributed by atoms with E-state index in [4.69, 9.17) is 9.57 Å². The molecule has 0 saturated carbocycles. The third-order valence-corrected chi connectivity index (χ3v) is 5.99. The summed E-state index contributed by atoms with van der Waals surface area (Å²) in [5, 5.41) is 1.88. The number of amides is 2. The fraction of sp³-hybridized carbons (Fsp3) is 0.231. The van der Waals surface area contributed by atoms with Crippen LogP contribution in [0.4, 0.5) is 4.79 Å². The zero-order valence-electron chi connectivity index (χ0n) is 17.5. The van der Waals surface area contributed by atoms with E-state index in [0.29, 0.717) is 6.54 Å². The monoisotopic (exact) mass is 428 g/mol. The van der Waals surface area contributed by atoms with Gasteiger partial charge in [0.15, 0.2) is 0 Å². The molecule has 3 aromatic carbocycles. The van der Waals surface area contributed by atoms with Crippen molar-refractivity contribution in [3.8, 4) is 0 Å². The molecule has 2 heterocycles. The molecule has 6 nitrogen and oxygen atoms in total. The van der Waals surface area contributed by atoms with Crippen LogP contribution < -0.4 is 0 Å². The van der Waals surface area contributed by atoms with E-state index in [9.17, 15) is 9.59 Å². The van der Waals surface area contributed by atoms with Gasteiger partial charge in [0.2, 0.25) is 5.91 Å². The molecule has 0 aromatic heterocycles. The van der Waals surface area contributed by atoms with E-state index >= 15 is 0 Å². The van der Waals surface area contributed by atoms with Crippen LogP contribution in [0.2, 0.25) is 0 Å². The second-order valence-corrected chi connectivity index (χ2v) is 7.98. The molecular formula is C26H24N2O4. The SMILES string of the molecule is O=C1OCCN1C(=O)[C@@H]1[C@@H](c2ccccc2)N(Cc2ccccc2)O[C@H]1c1ccccc1. The van der Waals surface area contributed by atoms with Crippen LogP contribution in [0.3, 0.4) is 0 Å². The highest BCUT2D eigenvalue weighted by atomic mass is 16.7. The minimum absolute atomic E-state index is 0.220. The van der Waals surface area contributed by atoms with Crippen molar-refractivity contribution in [3.05, 3.63) is 108 Å². The molecule has 2 amide bonds. The Balaban J connectivity index is 1.58. The maximum atomic E-state index is 13.7. The summed E-state index contributed by atoms with van der Waals surface area (Å²) < 4.78 is 5.06. The first-order valence-corrected chi connectivity index (χ1v) is 10.8. The number of benzene rings is 3. The Morgan fingerprint density at radius 3 is 2.03 bits per heavy atom. The van der Waals surface area contributed by atoms with Crippen molar-refractivity contribution in [2.45, 2.75) is 18.7 Å². The maximum absolute atomic E-state index is 13.7. The van der Waals surface area contributed by atoms with Crippen molar-refractivity contribution in [2.75, 3.05) is 13.2 Å². The van der Waals surface area contributed by atoms with E-state index in [2.05, 4.69) is 0 Å². The summed E-state index contributed by atoms with van der Waals surface area (Å²) in [5.74, 6) is -0.875. The molecule has 3 aromatic rings. The van der Waals surface area contributed by atoms with Crippen LogP contribution in [0.1, 0.15) is 28.8 Å². The molecule has 3 atom stereocenters. The molecule has 0 radical (unpaired) electrons. The molecule has 5 rings (SSSR count). The average molecular weight is 428 g/mol. The van der Waals surface area contributed by atoms with Crippen molar-refractivity contribution in [1.29, 1.82) is 0 Å². The van der Waals surface area contributed by atoms with Crippen LogP contribution in [-0.2, 0) is 20.9 Å². The van der Waals surface area contributed by atoms with Gasteiger partial charge in [0.25, 0.3) is 0 Å². The smallest absolute Gasteiger partial charge is 0.416 e. The van der Waals surface area contributed by atoms with Gasteiger partial charge in [0, 0.05) is 6.54 Å². The van der Waals surface area contributed by atoms with Gasteiger partial charge in [-0.05, 0) is 16.7 Å². The van der Waals surface area contributed by atoms with Gasteiger partial charge in [0.1, 0.15) is 12.7 Å². The normalized spacial score (nSPS) is 23.3. The summed E-state index contributed by atoms with van der Waals surface area (Å²) in [6.45, 7) is 0.992. The Kier molecular flexibility index (Phi) is 5.71. The van der Waals surface area contributed by atoms with Gasteiger partial charge < -0.3 is 4.74 Å². The van der Waals surface area contributed by atoms with Crippen LogP contribution in [0.25, 0.3) is 0 Å². The zero-order valence-corrected chi connectivity index (χ0v) is 17.5. The maximum Gasteiger partial charge on any atom is 0.416 e. The second-order valence-electron chi connectivity index (χ2n) is 7.98. The van der Waals surface area contributed by atoms with Gasteiger partial charge in [-0.1, -0.05) is 91.0 Å². The molecule has 0 N–H and O–H groups in total. The lowest BCUT2D eigenvalue weighted by molar-refractivity contribution is -0.173. The first kappa shape index (κ1) is 20.4. The van der Waals surface area contributed by atoms with Crippen molar-refractivity contribution >= 4 is 12.0 Å². The fourth-order valence-corrected chi connectivity index (χ4v) is 4.49. The summed E-state index contributed by atoms with van der Waals surface area (Å²) >= 11 is 0. The average Bonchev–Trinajstić information content (AvgIpc) is 3.44. The molecule has 2 aliphatic rings. The lowest BCUT2D eigenvalue weighted by atomic mass is 9.85. The molecule has 2 saturated heterocycles. The fourth-order valence-electron chi connectivity index (χ4n) is 4.49. The largest absolute Gasteiger partial charge is 0.447 e. The third-order valence-electron chi connectivity index (χ3n) is 5.99. The Morgan fingerprint density at radius 2 is 1.44 bits per heavy atom. The van der Waals surface area contributed by atoms with E-state index in [1.165, 1.54) is 4.90 Å². The van der Waals surface area contributed by atoms with Crippen LogP contribution in [0.5, 0.6) is 0 Å². The van der Waals surface area contributed by atoms with E-state index in [0.717, 1.165) is 16.7 Å². The summed E-state index contributed by atoms with van der Waals surface area (Å²) in [4.78, 5) is 33.7. The first-order chi connectivity index (χ1) is 15.7. The van der Waals surface area contributed by atoms with Gasteiger partial charge in [-0.15, -0.1) is 0 Å². The van der Waals surface area contributed by atoms with Crippen LogP contribution in [0.15, 0.2) is 91.0 Å². The van der Waals surface area contributed by atoms with Crippen molar-refractivity contribution in [1.82, 2.24) is 9.96 Å². The number of imide groups is 1. The molecule has 0 spiro atoms. The third kappa shape index (κ3) is 3.90. The number of nitrogens with zero attached hydrogens (tertiary/aromatic N) is 2. The van der Waals surface area contributed by atoms with Gasteiger partial charge in [-0.25, -0.2) is 9.69 Å². The first-order valence-electron chi connectivity index (χ1n) is 10.8. The minimum atomic E-state index is -0.603. The highest BCUT2D eigenvalue weighted by Gasteiger charge is 2.51. The van der Waals surface area contributed by atoms with Crippen molar-refractivity contribution in [3.63, 3.8) is 0 Å². The zero-order chi connectivity index (χ0) is 21.9. The predicted octanol–water partition coefficient (Wildman–Crippen LogP) is 4.51. The Bertz CT molecular complexity index is 1070. The number of carbonyl (C=O) groups is 2. The van der Waals surface area contributed by atoms with Crippen molar-refractivity contribution < 1.29 is 19.2 Å². The Morgan fingerprint density at radius 1 is 0.844 bits per heavy atom. The number of hydrogen-bond acceptors (Lipinski definition) is 5. The topological polar surface area (TPSA) is 59.1 Å². The minimum Gasteiger partial charge on any atom is -0.447 e. The van der Waals surface area contributed by atoms with Gasteiger partial charge in [0.05, 0.1) is 18.5 Å². The number of cyclic esters (lactones) is 1. The van der Waals surface area contributed by atoms with Crippen LogP contribution in [0, 0.1) is 5.92 Å². The molecule has 0 bridgehead atoms. The molecule has 0 aliphatic carbocycles. The second kappa shape index (κ2) is 8.94. The predicted molar refractivity (Wildman–Crippen MR) is 118 cm³/mol. The quantitative estimate of drug-likeness (QED) is 0.598. The molecule has 32 heavy (non-hydrogen) atoms. The molecule has 2 aliphatic heterocycles. The lowest BCUT2D eigenvalue weighted by Crippen LogP contribution is -2.40. The highest BCUT2D eigenvalue weighted by molar-refractivity contribution is 5.95. The van der Waals surface area contributed by atoms with Gasteiger partial charge in [-0.2, -0.15) is 5.06 Å². The Hall–Kier alpha value is -3.48. The van der Waals surface area contributed by atoms with E-state index < -0.39 is 18.1 Å². The van der Waals surface area contributed by atoms with Crippen LogP contribution in [-0.4, -0.2) is 35.1 Å². The molecule has 0 unspecified atom stereocenters. The van der Waals surface area contributed by atoms with E-state index in [-0.39, 0.29) is 25.1 Å². The van der Waals surface area contributed by atoms with Crippen LogP contribution >= 0.6 is 0 Å². The lowest BCUT2D eigenvalue weighted by Gasteiger charge is -2.27. The Labute approximate surface area is 186 Å². The number of ether oxygens (including phenoxy) is 1. The van der Waals surface area contributed by atoms with Gasteiger partial charge >= 0.3 is 6.09 Å². The van der Waals surface area contributed by atoms with E-state index in [1.54, 1.807) is 0 Å². The summed E-state index contributed by atoms with van der Waals surface area (Å²) in [6.07, 6.45) is -1.11. The summed E-state index contributed by atoms with van der Waals surface area (Å²) in [7, 11) is 0. The summed E-state index contributed by atoms with van der Waals surface area (Å²) in [5.41, 5.74) is 2.94. The molecule has 2 fully saturated rings. The number of hydrogen-bond donors (Lipinski definition) is 0. The summed E-state index contributed by atoms with van der Waals surface area (Å²) in [6, 6.07) is 29.2. The highest BCUT2D eigenvalue weighted by Crippen LogP contribution is 2.48. The van der Waals surface area contributed by atoms with Crippen molar-refractivity contribution in [2.24, 2.45) is 5.92 Å².